The van der Waals surface area contributed by atoms with Gasteiger partial charge in [0, 0.05) is 32.9 Å². The van der Waals surface area contributed by atoms with Gasteiger partial charge in [0.2, 0.25) is 0 Å². The average molecular weight is 705 g/mol. The van der Waals surface area contributed by atoms with Gasteiger partial charge >= 0.3 is 0 Å². The third-order valence-corrected chi connectivity index (χ3v) is 14.6. The fourth-order valence-corrected chi connectivity index (χ4v) is 12.7. The molecular formula is C29H40Br2N2O4S2. The van der Waals surface area contributed by atoms with Crippen LogP contribution in [-0.2, 0) is 19.7 Å². The number of alkyl halides is 1. The number of aryl methyl sites for hydroxylation is 2. The van der Waals surface area contributed by atoms with Crippen molar-refractivity contribution < 1.29 is 16.8 Å². The van der Waals surface area contributed by atoms with E-state index in [0.29, 0.717) is 6.42 Å². The van der Waals surface area contributed by atoms with Crippen molar-refractivity contribution in [3.05, 3.63) is 59.7 Å². The minimum Gasteiger partial charge on any atom is -0.223 e. The molecule has 6 nitrogen and oxygen atoms in total. The van der Waals surface area contributed by atoms with Gasteiger partial charge in [0.15, 0.2) is 19.7 Å². The topological polar surface area (TPSA) is 83.5 Å². The zero-order valence-electron chi connectivity index (χ0n) is 23.0. The maximum atomic E-state index is 14.8. The second-order valence-electron chi connectivity index (χ2n) is 11.6. The molecule has 2 fully saturated rings. The van der Waals surface area contributed by atoms with Crippen LogP contribution >= 0.6 is 32.1 Å². The summed E-state index contributed by atoms with van der Waals surface area (Å²) >= 11 is 7.35. The summed E-state index contributed by atoms with van der Waals surface area (Å²) in [7, 11) is -7.56. The van der Waals surface area contributed by atoms with E-state index in [1.54, 1.807) is 40.4 Å². The first kappa shape index (κ1) is 31.2. The quantitative estimate of drug-likeness (QED) is 0.266. The van der Waals surface area contributed by atoms with Crippen molar-refractivity contribution in [2.45, 2.75) is 103 Å². The van der Waals surface area contributed by atoms with E-state index in [2.05, 4.69) is 44.4 Å². The van der Waals surface area contributed by atoms with E-state index >= 15 is 0 Å². The summed E-state index contributed by atoms with van der Waals surface area (Å²) in [6.07, 6.45) is 7.35. The molecule has 1 heterocycles. The molecule has 0 radical (unpaired) electrons. The number of sulfone groups is 2. The molecule has 0 amide bonds. The maximum absolute atomic E-state index is 14.8. The van der Waals surface area contributed by atoms with Crippen molar-refractivity contribution in [1.82, 2.24) is 9.46 Å². The van der Waals surface area contributed by atoms with E-state index in [9.17, 15) is 16.8 Å². The normalized spacial score (nSPS) is 27.6. The highest BCUT2D eigenvalue weighted by atomic mass is 79.9. The van der Waals surface area contributed by atoms with Crippen LogP contribution in [0, 0.1) is 19.3 Å². The monoisotopic (exact) mass is 702 g/mol. The number of halogens is 2. The van der Waals surface area contributed by atoms with Crippen LogP contribution in [0.5, 0.6) is 0 Å². The fraction of sp³-hybridized carbons (Fsp3) is 0.586. The van der Waals surface area contributed by atoms with E-state index in [4.69, 9.17) is 0 Å². The lowest BCUT2D eigenvalue weighted by Gasteiger charge is -2.52. The van der Waals surface area contributed by atoms with Gasteiger partial charge in [-0.3, -0.25) is 0 Å². The van der Waals surface area contributed by atoms with E-state index in [-0.39, 0.29) is 27.6 Å². The Labute approximate surface area is 251 Å². The zero-order chi connectivity index (χ0) is 28.5. The van der Waals surface area contributed by atoms with Crippen molar-refractivity contribution in [1.29, 1.82) is 0 Å². The van der Waals surface area contributed by atoms with Gasteiger partial charge in [-0.05, 0) is 63.8 Å². The Morgan fingerprint density at radius 3 is 1.85 bits per heavy atom. The molecule has 2 aromatic rings. The predicted octanol–water partition coefficient (Wildman–Crippen LogP) is 7.04. The van der Waals surface area contributed by atoms with Crippen LogP contribution in [-0.4, -0.2) is 42.4 Å². The highest BCUT2D eigenvalue weighted by Crippen LogP contribution is 2.52. The van der Waals surface area contributed by atoms with Crippen LogP contribution in [0.1, 0.15) is 75.8 Å². The highest BCUT2D eigenvalue weighted by Gasteiger charge is 2.59. The van der Waals surface area contributed by atoms with Crippen LogP contribution in [0.3, 0.4) is 0 Å². The molecule has 216 valence electrons. The van der Waals surface area contributed by atoms with Crippen molar-refractivity contribution >= 4 is 51.8 Å². The van der Waals surface area contributed by atoms with E-state index in [1.807, 2.05) is 26.0 Å². The minimum absolute atomic E-state index is 0.0968. The Hall–Kier alpha value is -0.780. The molecular weight excluding hydrogens is 664 g/mol. The fourth-order valence-electron chi connectivity index (χ4n) is 6.25. The third kappa shape index (κ3) is 6.36. The maximum Gasteiger partial charge on any atom is 0.198 e. The largest absolute Gasteiger partial charge is 0.223 e. The van der Waals surface area contributed by atoms with E-state index in [0.717, 1.165) is 49.7 Å². The Bertz CT molecular complexity index is 1320. The SMILES string of the molecule is Cc1ccc(S(=O)(=O)C2CC(Br)CC(C3(C)CCCCCCC3)(S(=O)(=O)c3ccc(C)cc3)NN(Br)C2)cc1. The lowest BCUT2D eigenvalue weighted by Crippen LogP contribution is -2.67. The summed E-state index contributed by atoms with van der Waals surface area (Å²) < 4.78 is 58.5. The van der Waals surface area contributed by atoms with Gasteiger partial charge in [-0.15, -0.1) is 0 Å². The van der Waals surface area contributed by atoms with Crippen molar-refractivity contribution in [2.75, 3.05) is 6.54 Å². The van der Waals surface area contributed by atoms with Gasteiger partial charge < -0.3 is 0 Å². The Kier molecular flexibility index (Phi) is 9.76. The number of hydrogen-bond donors (Lipinski definition) is 1. The van der Waals surface area contributed by atoms with Crippen LogP contribution in [0.2, 0.25) is 0 Å². The van der Waals surface area contributed by atoms with Gasteiger partial charge in [0.05, 0.1) is 15.0 Å². The number of hydrazine groups is 1. The summed E-state index contributed by atoms with van der Waals surface area (Å²) in [6.45, 7) is 6.08. The summed E-state index contributed by atoms with van der Waals surface area (Å²) in [4.78, 5) is -1.11. The number of benzene rings is 2. The Morgan fingerprint density at radius 2 is 1.31 bits per heavy atom. The number of nitrogens with zero attached hydrogens (tertiary/aromatic N) is 1. The molecule has 2 aromatic carbocycles. The summed E-state index contributed by atoms with van der Waals surface area (Å²) in [5, 5.41) is -0.735. The van der Waals surface area contributed by atoms with E-state index in [1.165, 1.54) is 6.42 Å². The van der Waals surface area contributed by atoms with Gasteiger partial charge in [-0.25, -0.2) is 22.3 Å². The first-order valence-electron chi connectivity index (χ1n) is 13.8. The van der Waals surface area contributed by atoms with Crippen molar-refractivity contribution in [3.63, 3.8) is 0 Å². The Morgan fingerprint density at radius 1 is 0.821 bits per heavy atom. The Balaban J connectivity index is 1.79. The van der Waals surface area contributed by atoms with Crippen LogP contribution in [0.4, 0.5) is 0 Å². The second kappa shape index (κ2) is 12.2. The summed E-state index contributed by atoms with van der Waals surface area (Å²) in [5.74, 6) is 0. The number of nitrogens with one attached hydrogen (secondary N) is 1. The average Bonchev–Trinajstić information content (AvgIpc) is 2.85. The zero-order valence-corrected chi connectivity index (χ0v) is 27.8. The molecule has 4 rings (SSSR count). The molecule has 0 aromatic heterocycles. The number of hydrogen-bond acceptors (Lipinski definition) is 6. The molecule has 0 spiro atoms. The van der Waals surface area contributed by atoms with Crippen LogP contribution < -0.4 is 5.43 Å². The van der Waals surface area contributed by atoms with Crippen molar-refractivity contribution in [3.8, 4) is 0 Å². The molecule has 1 saturated heterocycles. The summed E-state index contributed by atoms with van der Waals surface area (Å²) in [5.41, 5.74) is 4.82. The molecule has 2 aliphatic rings. The molecule has 39 heavy (non-hydrogen) atoms. The molecule has 3 atom stereocenters. The smallest absolute Gasteiger partial charge is 0.198 e. The first-order valence-corrected chi connectivity index (χ1v) is 18.4. The lowest BCUT2D eigenvalue weighted by molar-refractivity contribution is 0.0745. The van der Waals surface area contributed by atoms with Crippen LogP contribution in [0.25, 0.3) is 0 Å². The van der Waals surface area contributed by atoms with E-state index < -0.39 is 35.2 Å². The molecule has 1 aliphatic heterocycles. The lowest BCUT2D eigenvalue weighted by atomic mass is 9.70. The third-order valence-electron chi connectivity index (χ3n) is 8.70. The van der Waals surface area contributed by atoms with Gasteiger partial charge in [-0.1, -0.05) is 90.4 Å². The first-order chi connectivity index (χ1) is 18.3. The second-order valence-corrected chi connectivity index (χ2v) is 18.2. The molecule has 10 heteroatoms. The predicted molar refractivity (Wildman–Crippen MR) is 164 cm³/mol. The molecule has 1 aliphatic carbocycles. The van der Waals surface area contributed by atoms with Gasteiger partial charge in [0.1, 0.15) is 4.87 Å². The standard InChI is InChI=1S/C29H40Br2N2O4S2/c1-22-9-13-25(14-10-22)38(34,35)27-19-24(30)20-29(32-33(31)21-27,28(3)17-7-5-4-6-8-18-28)39(36,37)26-15-11-23(2)12-16-26/h9-16,24,27,32H,4-8,17-21H2,1-3H3. The van der Waals surface area contributed by atoms with Gasteiger partial charge in [0.25, 0.3) is 0 Å². The number of rotatable bonds is 5. The summed E-state index contributed by atoms with van der Waals surface area (Å²) in [6, 6.07) is 14.0. The molecule has 0 bridgehead atoms. The minimum atomic E-state index is -3.90. The van der Waals surface area contributed by atoms with Crippen molar-refractivity contribution in [2.24, 2.45) is 5.41 Å². The molecule has 3 unspecified atom stereocenters. The molecule has 1 N–H and O–H groups in total. The van der Waals surface area contributed by atoms with Crippen LogP contribution in [0.15, 0.2) is 58.3 Å². The molecule has 1 saturated carbocycles. The van der Waals surface area contributed by atoms with Gasteiger partial charge in [-0.2, -0.15) is 4.03 Å². The highest BCUT2D eigenvalue weighted by molar-refractivity contribution is 9.09.